The minimum Gasteiger partial charge on any atom is -0.481 e. The number of hydrogen-bond acceptors (Lipinski definition) is 16. The lowest BCUT2D eigenvalue weighted by atomic mass is 9.72. The second-order valence-electron chi connectivity index (χ2n) is 48.4. The molecule has 24 heteroatoms. The molecule has 25 rings (SSSR count). The summed E-state index contributed by atoms with van der Waals surface area (Å²) >= 11 is 0. The first-order chi connectivity index (χ1) is 69.6. The van der Waals surface area contributed by atoms with Crippen LogP contribution in [0.2, 0.25) is 0 Å². The molecule has 0 unspecified atom stereocenters. The molecular formula is C122H156N10O14. The van der Waals surface area contributed by atoms with Crippen LogP contribution >= 0.6 is 0 Å². The van der Waals surface area contributed by atoms with Gasteiger partial charge in [0.05, 0.1) is 59.7 Å². The zero-order chi connectivity index (χ0) is 104. The number of H-pyrrole nitrogens is 1. The molecule has 26 atom stereocenters. The van der Waals surface area contributed by atoms with Crippen LogP contribution in [0.3, 0.4) is 0 Å². The van der Waals surface area contributed by atoms with Gasteiger partial charge in [0.1, 0.15) is 18.4 Å². The number of hydrogen-bond donors (Lipinski definition) is 4. The first-order valence-electron chi connectivity index (χ1n) is 55.0. The van der Waals surface area contributed by atoms with Crippen LogP contribution in [0.4, 0.5) is 0 Å². The second kappa shape index (κ2) is 38.1. The normalized spacial score (nSPS) is 34.8. The van der Waals surface area contributed by atoms with E-state index in [9.17, 15) is 58.2 Å². The number of aromatic amines is 1. The van der Waals surface area contributed by atoms with Crippen molar-refractivity contribution in [3.63, 3.8) is 0 Å². The van der Waals surface area contributed by atoms with E-state index in [1.54, 1.807) is 11.2 Å². The van der Waals surface area contributed by atoms with Gasteiger partial charge in [-0.3, -0.25) is 33.6 Å². The molecule has 778 valence electrons. The first-order valence-corrected chi connectivity index (χ1v) is 55.0. The summed E-state index contributed by atoms with van der Waals surface area (Å²) in [6.45, 7) is 47.0. The van der Waals surface area contributed by atoms with Crippen molar-refractivity contribution >= 4 is 59.6 Å². The highest BCUT2D eigenvalue weighted by atomic mass is 16.5. The van der Waals surface area contributed by atoms with Gasteiger partial charge in [-0.15, -0.1) is 0 Å². The number of carboxylic acid groups (broad SMARTS) is 1. The Morgan fingerprint density at radius 1 is 0.425 bits per heavy atom. The summed E-state index contributed by atoms with van der Waals surface area (Å²) in [6.07, 6.45) is 18.5. The van der Waals surface area contributed by atoms with Gasteiger partial charge in [0, 0.05) is 138 Å². The average Bonchev–Trinajstić information content (AvgIpc) is 1.48. The Bertz CT molecular complexity index is 6440. The SMILES string of the molecule is CCN(CC)C[C@@H]1[C@@H](C)C[C@@]23c4cc(C)c(C)cc4CCN2C(=O)C[C@@H]13.COC(=O)[C@@H]1Cc2cc(C)ccc2[C@@]23C[C@H](C)[C@@H](C(=O)O)[C@@H]2CC(=O)N13.COC(=O)[C@@H]1Cc2cc(C)ccc2[C@@]23C[C@H](C)[C@@H](CN)[C@@H]2CC(=O)N13.Cc1cc2c(cc1C)[C@@]13C[C@H](C)[C@@H](C=O)[C@@H]1CC(=O)N3CC2.Cc1cc2c(cc1C)[C@@]13C[C@H](C)[C@@H](CO)[C@@H]1CC(=O)N3CC2.Cc1cc2c(cc1C)[C@@]13C[C@H](C)[C@@H](c4cnc[nH]4)[C@@H]1CC(=O)N3CC2. The van der Waals surface area contributed by atoms with Gasteiger partial charge in [0.2, 0.25) is 35.4 Å². The molecule has 6 saturated carbocycles. The number of ether oxygens (including phenoxy) is 2. The number of carboxylic acids is 1. The molecule has 6 spiro atoms. The number of fused-ring (bicyclic) bond motifs is 6. The van der Waals surface area contributed by atoms with Crippen LogP contribution in [-0.4, -0.2) is 199 Å². The van der Waals surface area contributed by atoms with E-state index in [2.05, 4.69) is 218 Å². The number of aliphatic hydroxyl groups is 1. The Kier molecular flexibility index (Phi) is 26.7. The number of nitrogens with one attached hydrogen (secondary N) is 1. The van der Waals surface area contributed by atoms with Crippen molar-refractivity contribution in [2.45, 2.75) is 291 Å². The molecule has 18 aliphatic rings. The highest BCUT2D eigenvalue weighted by Gasteiger charge is 2.72. The molecule has 12 aliphatic heterocycles. The highest BCUT2D eigenvalue weighted by Crippen LogP contribution is 2.69. The zero-order valence-corrected chi connectivity index (χ0v) is 89.9. The number of methoxy groups -OCH3 is 2. The summed E-state index contributed by atoms with van der Waals surface area (Å²) in [5.41, 5.74) is 34.4. The lowest BCUT2D eigenvalue weighted by molar-refractivity contribution is -0.157. The lowest BCUT2D eigenvalue weighted by Crippen LogP contribution is -2.58. The van der Waals surface area contributed by atoms with Crippen molar-refractivity contribution in [3.05, 3.63) is 226 Å². The summed E-state index contributed by atoms with van der Waals surface area (Å²) in [7, 11) is 2.73. The third-order valence-corrected chi connectivity index (χ3v) is 41.5. The number of carbonyl (C=O) groups is 10. The highest BCUT2D eigenvalue weighted by molar-refractivity contribution is 5.92. The molecule has 6 saturated heterocycles. The number of carbonyl (C=O) groups excluding carboxylic acids is 9. The molecule has 146 heavy (non-hydrogen) atoms. The summed E-state index contributed by atoms with van der Waals surface area (Å²) in [4.78, 5) is 148. The molecule has 6 aromatic carbocycles. The third-order valence-electron chi connectivity index (χ3n) is 41.5. The van der Waals surface area contributed by atoms with Gasteiger partial charge in [-0.25, -0.2) is 14.6 Å². The van der Waals surface area contributed by atoms with Gasteiger partial charge < -0.3 is 69.5 Å². The fraction of sp³-hybridized carbons (Fsp3) is 0.598. The predicted octanol–water partition coefficient (Wildman–Crippen LogP) is 16.3. The molecule has 0 radical (unpaired) electrons. The van der Waals surface area contributed by atoms with Crippen LogP contribution in [-0.2, 0) is 129 Å². The van der Waals surface area contributed by atoms with E-state index >= 15 is 0 Å². The summed E-state index contributed by atoms with van der Waals surface area (Å²) < 4.78 is 10.0. The van der Waals surface area contributed by atoms with Crippen molar-refractivity contribution in [3.8, 4) is 0 Å². The van der Waals surface area contributed by atoms with Gasteiger partial charge in [-0.1, -0.05) is 151 Å². The van der Waals surface area contributed by atoms with Crippen molar-refractivity contribution in [2.75, 3.05) is 73.2 Å². The van der Waals surface area contributed by atoms with Crippen molar-refractivity contribution in [1.29, 1.82) is 0 Å². The Labute approximate surface area is 863 Å². The maximum absolute atomic E-state index is 13.0. The smallest absolute Gasteiger partial charge is 0.328 e. The number of aliphatic hydroxyl groups excluding tert-OH is 1. The Hall–Kier alpha value is -10.7. The molecule has 5 N–H and O–H groups in total. The van der Waals surface area contributed by atoms with E-state index in [0.717, 1.165) is 133 Å². The van der Waals surface area contributed by atoms with E-state index in [0.29, 0.717) is 128 Å². The summed E-state index contributed by atoms with van der Waals surface area (Å²) in [5.74, 6) is 4.07. The number of aryl methyl sites for hydroxylation is 10. The molecular weight excluding hydrogens is 1830 g/mol. The molecule has 12 fully saturated rings. The number of aromatic nitrogens is 2. The number of nitrogens with two attached hydrogens (primary N) is 1. The minimum absolute atomic E-state index is 0.0153. The second-order valence-corrected chi connectivity index (χ2v) is 48.4. The van der Waals surface area contributed by atoms with E-state index < -0.39 is 41.0 Å². The van der Waals surface area contributed by atoms with Gasteiger partial charge in [0.25, 0.3) is 0 Å². The van der Waals surface area contributed by atoms with Gasteiger partial charge in [-0.2, -0.15) is 0 Å². The fourth-order valence-electron chi connectivity index (χ4n) is 34.9. The molecule has 7 aromatic rings. The van der Waals surface area contributed by atoms with Crippen molar-refractivity contribution in [1.82, 2.24) is 44.3 Å². The van der Waals surface area contributed by atoms with Crippen molar-refractivity contribution in [2.24, 2.45) is 106 Å². The molecule has 13 heterocycles. The van der Waals surface area contributed by atoms with E-state index in [1.165, 1.54) is 126 Å². The van der Waals surface area contributed by atoms with E-state index in [-0.39, 0.29) is 100 Å². The van der Waals surface area contributed by atoms with Crippen LogP contribution in [0.5, 0.6) is 0 Å². The molecule has 6 aliphatic carbocycles. The quantitative estimate of drug-likeness (QED) is 0.0691. The monoisotopic (exact) mass is 1990 g/mol. The predicted molar refractivity (Wildman–Crippen MR) is 558 cm³/mol. The van der Waals surface area contributed by atoms with Crippen LogP contribution in [0.1, 0.15) is 266 Å². The standard InChI is InChI=1S/C23H34N2O.C21H25N3O.C20H26N2O3.C20H23NO5.C19H25NO2.C19H23NO2/c1-6-24(7-2)14-19-17(5)13-23-20-11-16(4)15(3)10-18(20)8-9-25(23)22(26)12-21(19)23;1-12-6-15-4-5-24-19(25)8-17-20(18-10-22-11-23-18)14(3)9-21(17,24)16(15)7-13(12)2;1-11-4-5-15-13(6-11)7-17(19(24)25-3)22-18(23)8-16-14(10-21)12(2)9-20(15,16)22;1-10-4-5-13-12(6-10)7-15(19(25)26-3)21-16(22)8-14-17(18(23)24)11(2)9-20(13,14)21;2*1-11-6-14-4-5-20-18(22)8-17-15(10-21)13(3)9-19(17,20)16(14)7-12(11)2/h10-11,17,19,21H,6-9,12-14H2,1-5H3;6-7,10-11,14,17,20H,4-5,8-9H2,1-3H3,(H,22,23);4-6,12,14,16-17H,7-10,21H2,1-3H3;4-6,11,14-15,17H,7-9H2,1-3H3,(H,23,24);6-7,13,15,17,21H,4-5,8-10H2,1-3H3;6-7,10,13,15,17H,4-5,8-9H2,1-3H3/t17-,19+,21-,23-;14-,17-,20+,21-;12-,14+,16-,17-,20-;11-,14-,15-,17+,20-;2*13-,15+,17-,19-/m000000/s1. The number of rotatable bonds is 11. The molecule has 0 bridgehead atoms. The summed E-state index contributed by atoms with van der Waals surface area (Å²) in [6, 6.07) is 30.1. The number of aliphatic carboxylic acids is 1. The Morgan fingerprint density at radius 2 is 0.774 bits per heavy atom. The Balaban J connectivity index is 0.000000107. The largest absolute Gasteiger partial charge is 0.481 e. The van der Waals surface area contributed by atoms with Crippen LogP contribution < -0.4 is 5.73 Å². The van der Waals surface area contributed by atoms with Crippen LogP contribution in [0.25, 0.3) is 0 Å². The van der Waals surface area contributed by atoms with Crippen molar-refractivity contribution < 1.29 is 67.6 Å². The number of benzene rings is 6. The number of esters is 2. The number of imidazole rings is 1. The maximum atomic E-state index is 13.0. The number of aldehydes is 1. The minimum atomic E-state index is -0.858. The summed E-state index contributed by atoms with van der Waals surface area (Å²) in [5, 5.41) is 19.7. The number of amides is 6. The maximum Gasteiger partial charge on any atom is 0.328 e. The first kappa shape index (κ1) is 103. The van der Waals surface area contributed by atoms with Crippen LogP contribution in [0, 0.1) is 170 Å². The number of nitrogens with zero attached hydrogens (tertiary/aromatic N) is 8. The van der Waals surface area contributed by atoms with E-state index in [4.69, 9.17) is 15.2 Å². The average molecular weight is 1990 g/mol. The van der Waals surface area contributed by atoms with Gasteiger partial charge >= 0.3 is 17.9 Å². The molecule has 1 aromatic heterocycles. The zero-order valence-electron chi connectivity index (χ0n) is 89.9. The van der Waals surface area contributed by atoms with Gasteiger partial charge in [0.15, 0.2) is 0 Å². The lowest BCUT2D eigenvalue weighted by Gasteiger charge is -2.48. The van der Waals surface area contributed by atoms with E-state index in [1.807, 2.05) is 37.1 Å². The Morgan fingerprint density at radius 3 is 1.18 bits per heavy atom. The topological polar surface area (TPSA) is 307 Å². The third kappa shape index (κ3) is 15.3. The molecule has 24 nitrogen and oxygen atoms in total. The molecule has 6 amide bonds. The van der Waals surface area contributed by atoms with Crippen LogP contribution in [0.15, 0.2) is 97.5 Å². The fourth-order valence-corrected chi connectivity index (χ4v) is 34.9. The van der Waals surface area contributed by atoms with Gasteiger partial charge in [-0.05, 0) is 329 Å².